The molecule has 1 saturated carbocycles. The molecule has 0 amide bonds. The van der Waals surface area contributed by atoms with Crippen molar-refractivity contribution in [1.29, 1.82) is 0 Å². The molecule has 3 heteroatoms. The van der Waals surface area contributed by atoms with Crippen LogP contribution in [0.5, 0.6) is 0 Å². The fourth-order valence-electron chi connectivity index (χ4n) is 2.58. The Hall–Kier alpha value is -0.0500. The van der Waals surface area contributed by atoms with Crippen molar-refractivity contribution in [3.63, 3.8) is 0 Å². The molecule has 0 N–H and O–H groups in total. The highest BCUT2D eigenvalue weighted by atomic mass is 79.9. The number of oxime groups is 1. The lowest BCUT2D eigenvalue weighted by atomic mass is 9.74. The second-order valence-corrected chi connectivity index (χ2v) is 5.92. The van der Waals surface area contributed by atoms with E-state index in [0.29, 0.717) is 0 Å². The van der Waals surface area contributed by atoms with Crippen LogP contribution >= 0.6 is 15.9 Å². The van der Waals surface area contributed by atoms with Crippen molar-refractivity contribution in [3.05, 3.63) is 0 Å². The second kappa shape index (κ2) is 3.84. The molecule has 2 aliphatic rings. The van der Waals surface area contributed by atoms with Gasteiger partial charge in [0, 0.05) is 6.42 Å². The van der Waals surface area contributed by atoms with Crippen molar-refractivity contribution in [1.82, 2.24) is 0 Å². The maximum atomic E-state index is 5.56. The van der Waals surface area contributed by atoms with E-state index >= 15 is 0 Å². The number of hydrogen-bond donors (Lipinski definition) is 0. The molecule has 0 bridgehead atoms. The third-order valence-corrected chi connectivity index (χ3v) is 4.12. The Morgan fingerprint density at radius 1 is 1.43 bits per heavy atom. The quantitative estimate of drug-likeness (QED) is 0.704. The maximum absolute atomic E-state index is 5.56. The summed E-state index contributed by atoms with van der Waals surface area (Å²) in [5, 5.41) is 4.02. The van der Waals surface area contributed by atoms with E-state index in [0.717, 1.165) is 22.9 Å². The van der Waals surface area contributed by atoms with Gasteiger partial charge in [0.15, 0.2) is 0 Å². The summed E-state index contributed by atoms with van der Waals surface area (Å²) in [6.45, 7) is 4.65. The van der Waals surface area contributed by atoms with Crippen LogP contribution in [0.15, 0.2) is 5.16 Å². The zero-order valence-electron chi connectivity index (χ0n) is 8.92. The lowest BCUT2D eigenvalue weighted by Crippen LogP contribution is -2.35. The molecule has 1 aliphatic carbocycles. The Morgan fingerprint density at radius 2 is 2.07 bits per heavy atom. The molecule has 1 spiro atoms. The van der Waals surface area contributed by atoms with Crippen LogP contribution in [0.25, 0.3) is 0 Å². The molecule has 0 aromatic carbocycles. The third kappa shape index (κ3) is 1.97. The molecule has 1 aliphatic heterocycles. The standard InChI is InChI=1S/C11H18BrNO/c1-8(2)9-3-5-11(6-4-9)7-10(12)13-14-11/h8-9H,3-7H2,1-2H3/t9-,11+. The summed E-state index contributed by atoms with van der Waals surface area (Å²) >= 11 is 3.42. The van der Waals surface area contributed by atoms with Gasteiger partial charge in [-0.3, -0.25) is 0 Å². The minimum atomic E-state index is 0.0597. The minimum Gasteiger partial charge on any atom is -0.388 e. The zero-order valence-corrected chi connectivity index (χ0v) is 10.5. The highest BCUT2D eigenvalue weighted by Crippen LogP contribution is 2.43. The Kier molecular flexibility index (Phi) is 2.87. The summed E-state index contributed by atoms with van der Waals surface area (Å²) in [4.78, 5) is 5.56. The molecule has 2 rings (SSSR count). The van der Waals surface area contributed by atoms with E-state index in [1.54, 1.807) is 0 Å². The van der Waals surface area contributed by atoms with Gasteiger partial charge in [0.1, 0.15) is 10.2 Å². The van der Waals surface area contributed by atoms with Crippen molar-refractivity contribution in [2.45, 2.75) is 51.6 Å². The van der Waals surface area contributed by atoms with Crippen LogP contribution < -0.4 is 0 Å². The molecule has 0 radical (unpaired) electrons. The minimum absolute atomic E-state index is 0.0597. The van der Waals surface area contributed by atoms with Crippen molar-refractivity contribution in [2.24, 2.45) is 17.0 Å². The molecule has 0 saturated heterocycles. The average Bonchev–Trinajstić information content (AvgIpc) is 2.48. The highest BCUT2D eigenvalue weighted by Gasteiger charge is 2.42. The van der Waals surface area contributed by atoms with Crippen molar-refractivity contribution < 1.29 is 4.84 Å². The van der Waals surface area contributed by atoms with Crippen LogP contribution in [0.3, 0.4) is 0 Å². The summed E-state index contributed by atoms with van der Waals surface area (Å²) in [7, 11) is 0. The lowest BCUT2D eigenvalue weighted by Gasteiger charge is -2.36. The second-order valence-electron chi connectivity index (χ2n) is 5.00. The molecule has 0 unspecified atom stereocenters. The van der Waals surface area contributed by atoms with Crippen LogP contribution in [0, 0.1) is 11.8 Å². The van der Waals surface area contributed by atoms with Crippen LogP contribution in [0.4, 0.5) is 0 Å². The average molecular weight is 260 g/mol. The predicted octanol–water partition coefficient (Wildman–Crippen LogP) is 3.70. The van der Waals surface area contributed by atoms with E-state index in [1.807, 2.05) is 0 Å². The van der Waals surface area contributed by atoms with Gasteiger partial charge >= 0.3 is 0 Å². The van der Waals surface area contributed by atoms with Gasteiger partial charge in [-0.1, -0.05) is 19.0 Å². The molecule has 2 nitrogen and oxygen atoms in total. The van der Waals surface area contributed by atoms with Gasteiger partial charge in [-0.25, -0.2) is 0 Å². The molecular formula is C11H18BrNO. The van der Waals surface area contributed by atoms with Gasteiger partial charge in [-0.15, -0.1) is 0 Å². The number of rotatable bonds is 1. The Bertz CT molecular complexity index is 242. The van der Waals surface area contributed by atoms with Gasteiger partial charge in [0.05, 0.1) is 0 Å². The summed E-state index contributed by atoms with van der Waals surface area (Å²) in [6, 6.07) is 0. The van der Waals surface area contributed by atoms with E-state index in [-0.39, 0.29) is 5.60 Å². The Balaban J connectivity index is 1.90. The predicted molar refractivity (Wildman–Crippen MR) is 61.6 cm³/mol. The summed E-state index contributed by atoms with van der Waals surface area (Å²) < 4.78 is 0.987. The molecule has 14 heavy (non-hydrogen) atoms. The normalized spacial score (nSPS) is 37.4. The summed E-state index contributed by atoms with van der Waals surface area (Å²) in [5.74, 6) is 1.71. The smallest absolute Gasteiger partial charge is 0.144 e. The monoisotopic (exact) mass is 259 g/mol. The molecular weight excluding hydrogens is 242 g/mol. The van der Waals surface area contributed by atoms with Gasteiger partial charge in [0.25, 0.3) is 0 Å². The largest absolute Gasteiger partial charge is 0.388 e. The molecule has 1 fully saturated rings. The Morgan fingerprint density at radius 3 is 2.50 bits per heavy atom. The van der Waals surface area contributed by atoms with Crippen molar-refractivity contribution in [2.75, 3.05) is 0 Å². The number of hydrogen-bond acceptors (Lipinski definition) is 2. The fraction of sp³-hybridized carbons (Fsp3) is 0.909. The third-order valence-electron chi connectivity index (χ3n) is 3.69. The molecule has 0 aromatic heterocycles. The summed E-state index contributed by atoms with van der Waals surface area (Å²) in [5.41, 5.74) is 0.0597. The van der Waals surface area contributed by atoms with Crippen LogP contribution in [-0.2, 0) is 4.84 Å². The topological polar surface area (TPSA) is 21.6 Å². The van der Waals surface area contributed by atoms with Crippen LogP contribution in [0.2, 0.25) is 0 Å². The van der Waals surface area contributed by atoms with Crippen molar-refractivity contribution in [3.8, 4) is 0 Å². The van der Waals surface area contributed by atoms with Gasteiger partial charge < -0.3 is 4.84 Å². The number of halogens is 1. The molecule has 0 aromatic rings. The van der Waals surface area contributed by atoms with Crippen LogP contribution in [0.1, 0.15) is 46.0 Å². The van der Waals surface area contributed by atoms with Gasteiger partial charge in [-0.05, 0) is 53.4 Å². The Labute approximate surface area is 94.2 Å². The van der Waals surface area contributed by atoms with Gasteiger partial charge in [0.2, 0.25) is 0 Å². The van der Waals surface area contributed by atoms with Gasteiger partial charge in [-0.2, -0.15) is 0 Å². The van der Waals surface area contributed by atoms with E-state index in [1.165, 1.54) is 25.7 Å². The first-order chi connectivity index (χ1) is 6.61. The first-order valence-electron chi connectivity index (χ1n) is 5.52. The van der Waals surface area contributed by atoms with E-state index in [4.69, 9.17) is 4.84 Å². The van der Waals surface area contributed by atoms with Crippen molar-refractivity contribution >= 4 is 20.6 Å². The zero-order chi connectivity index (χ0) is 10.2. The highest BCUT2D eigenvalue weighted by molar-refractivity contribution is 9.18. The van der Waals surface area contributed by atoms with E-state index in [2.05, 4.69) is 34.9 Å². The lowest BCUT2D eigenvalue weighted by molar-refractivity contribution is -0.0578. The van der Waals surface area contributed by atoms with E-state index in [9.17, 15) is 0 Å². The SMILES string of the molecule is CC(C)[C@H]1CC[C@@]2(CC1)CC(Br)=NO2. The molecule has 1 heterocycles. The molecule has 80 valence electrons. The summed E-state index contributed by atoms with van der Waals surface area (Å²) in [6.07, 6.45) is 5.93. The van der Waals surface area contributed by atoms with Crippen LogP contribution in [-0.4, -0.2) is 10.2 Å². The first kappa shape index (κ1) is 10.5. The first-order valence-corrected chi connectivity index (χ1v) is 6.31. The molecule has 0 atom stereocenters. The fourth-order valence-corrected chi connectivity index (χ4v) is 3.16. The van der Waals surface area contributed by atoms with E-state index < -0.39 is 0 Å². The maximum Gasteiger partial charge on any atom is 0.144 e. The number of nitrogens with zero attached hydrogens (tertiary/aromatic N) is 1.